The van der Waals surface area contributed by atoms with Gasteiger partial charge < -0.3 is 9.13 Å². The van der Waals surface area contributed by atoms with E-state index in [1.165, 1.54) is 11.6 Å². The molecule has 0 saturated carbocycles. The van der Waals surface area contributed by atoms with Gasteiger partial charge in [-0.05, 0) is 53.6 Å². The van der Waals surface area contributed by atoms with Gasteiger partial charge in [-0.3, -0.25) is 14.9 Å². The first-order chi connectivity index (χ1) is 17.7. The molecule has 0 bridgehead atoms. The van der Waals surface area contributed by atoms with Crippen molar-refractivity contribution >= 4 is 34.1 Å². The summed E-state index contributed by atoms with van der Waals surface area (Å²) in [4.78, 5) is 22.8. The van der Waals surface area contributed by atoms with Crippen LogP contribution in [0.25, 0.3) is 28.1 Å². The second-order valence-corrected chi connectivity index (χ2v) is 8.68. The van der Waals surface area contributed by atoms with Crippen molar-refractivity contribution in [1.29, 1.82) is 0 Å². The Morgan fingerprint density at radius 2 is 1.44 bits per heavy atom. The lowest BCUT2D eigenvalue weighted by atomic mass is 10.1. The number of rotatable bonds is 10. The first-order valence-electron chi connectivity index (χ1n) is 11.9. The van der Waals surface area contributed by atoms with Crippen molar-refractivity contribution in [3.05, 3.63) is 103 Å². The molecule has 36 heavy (non-hydrogen) atoms. The van der Waals surface area contributed by atoms with Crippen LogP contribution in [0.1, 0.15) is 11.1 Å². The van der Waals surface area contributed by atoms with E-state index < -0.39 is 5.91 Å². The van der Waals surface area contributed by atoms with Crippen molar-refractivity contribution in [2.75, 3.05) is 13.1 Å². The Morgan fingerprint density at radius 1 is 0.861 bits per heavy atom. The van der Waals surface area contributed by atoms with Crippen LogP contribution in [0.5, 0.6) is 0 Å². The summed E-state index contributed by atoms with van der Waals surface area (Å²) in [6.45, 7) is 4.20. The Bertz CT molecular complexity index is 1410. The van der Waals surface area contributed by atoms with E-state index in [2.05, 4.69) is 72.8 Å². The number of carbonyl (C=O) groups is 1. The number of nitrogens with zero attached hydrogens (tertiary/aromatic N) is 5. The van der Waals surface area contributed by atoms with Crippen molar-refractivity contribution < 1.29 is 10.0 Å². The fraction of sp³-hybridized carbons (Fsp3) is 0.179. The number of nitrogens with one attached hydrogen (secondary N) is 1. The zero-order valence-corrected chi connectivity index (χ0v) is 19.9. The van der Waals surface area contributed by atoms with E-state index in [0.717, 1.165) is 60.4 Å². The van der Waals surface area contributed by atoms with E-state index in [0.29, 0.717) is 0 Å². The second kappa shape index (κ2) is 11.0. The molecule has 4 aromatic heterocycles. The molecule has 1 amide bonds. The van der Waals surface area contributed by atoms with Gasteiger partial charge in [-0.15, -0.1) is 0 Å². The zero-order chi connectivity index (χ0) is 24.7. The molecule has 5 rings (SSSR count). The molecule has 0 saturated heterocycles. The Morgan fingerprint density at radius 3 is 2.00 bits per heavy atom. The SMILES string of the molecule is O=C(/C=C/c1ccc(CN(CCn2ccc3cccnc32)CCn2ccc3cccnc32)cc1)NO. The highest BCUT2D eigenvalue weighted by molar-refractivity contribution is 5.90. The van der Waals surface area contributed by atoms with Crippen LogP contribution in [-0.4, -0.2) is 48.2 Å². The van der Waals surface area contributed by atoms with Crippen LogP contribution in [0.15, 0.2) is 91.5 Å². The molecule has 2 N–H and O–H groups in total. The third-order valence-corrected chi connectivity index (χ3v) is 6.28. The highest BCUT2D eigenvalue weighted by atomic mass is 16.5. The summed E-state index contributed by atoms with van der Waals surface area (Å²) < 4.78 is 4.41. The van der Waals surface area contributed by atoms with Gasteiger partial charge in [0.05, 0.1) is 0 Å². The fourth-order valence-corrected chi connectivity index (χ4v) is 4.37. The zero-order valence-electron chi connectivity index (χ0n) is 19.9. The monoisotopic (exact) mass is 480 g/mol. The maximum Gasteiger partial charge on any atom is 0.267 e. The number of benzene rings is 1. The Kier molecular flexibility index (Phi) is 7.16. The molecule has 0 aliphatic carbocycles. The third-order valence-electron chi connectivity index (χ3n) is 6.28. The van der Waals surface area contributed by atoms with Crippen molar-refractivity contribution in [2.24, 2.45) is 0 Å². The Hall–Kier alpha value is -4.27. The average Bonchev–Trinajstić information content (AvgIpc) is 3.53. The summed E-state index contributed by atoms with van der Waals surface area (Å²) in [5, 5.41) is 10.9. The van der Waals surface area contributed by atoms with Gasteiger partial charge in [0.2, 0.25) is 0 Å². The predicted molar refractivity (Wildman–Crippen MR) is 140 cm³/mol. The van der Waals surface area contributed by atoms with E-state index in [1.807, 2.05) is 36.7 Å². The standard InChI is InChI=1S/C28H28N6O2/c35-26(31-36)10-9-22-5-7-23(8-6-22)21-32(17-19-33-15-11-24-3-1-13-29-27(24)33)18-20-34-16-12-25-4-2-14-30-28(25)34/h1-16,36H,17-21H2,(H,31,35)/b10-9+. The maximum absolute atomic E-state index is 11.2. The molecular weight excluding hydrogens is 452 g/mol. The van der Waals surface area contributed by atoms with Gasteiger partial charge in [-0.2, -0.15) is 0 Å². The molecule has 0 fully saturated rings. The molecule has 1 aromatic carbocycles. The molecule has 182 valence electrons. The minimum absolute atomic E-state index is 0.552. The summed E-state index contributed by atoms with van der Waals surface area (Å²) in [6, 6.07) is 20.4. The van der Waals surface area contributed by atoms with Crippen LogP contribution in [-0.2, 0) is 24.4 Å². The second-order valence-electron chi connectivity index (χ2n) is 8.68. The summed E-state index contributed by atoms with van der Waals surface area (Å²) in [5.41, 5.74) is 5.68. The van der Waals surface area contributed by atoms with Crippen LogP contribution in [0, 0.1) is 0 Å². The van der Waals surface area contributed by atoms with E-state index in [4.69, 9.17) is 5.21 Å². The van der Waals surface area contributed by atoms with Crippen molar-refractivity contribution in [3.63, 3.8) is 0 Å². The molecule has 8 nitrogen and oxygen atoms in total. The molecule has 0 aliphatic heterocycles. The van der Waals surface area contributed by atoms with E-state index in [1.54, 1.807) is 11.6 Å². The van der Waals surface area contributed by atoms with Gasteiger partial charge in [0.1, 0.15) is 11.3 Å². The molecule has 0 spiro atoms. The van der Waals surface area contributed by atoms with Crippen LogP contribution < -0.4 is 5.48 Å². The van der Waals surface area contributed by atoms with Crippen molar-refractivity contribution in [3.8, 4) is 0 Å². The molecule has 0 aliphatic rings. The predicted octanol–water partition coefficient (Wildman–Crippen LogP) is 4.11. The molecular formula is C28H28N6O2. The first-order valence-corrected chi connectivity index (χ1v) is 11.9. The van der Waals surface area contributed by atoms with Gasteiger partial charge in [0, 0.05) is 74.4 Å². The number of pyridine rings is 2. The van der Waals surface area contributed by atoms with Gasteiger partial charge in [-0.1, -0.05) is 24.3 Å². The van der Waals surface area contributed by atoms with Crippen molar-refractivity contribution in [2.45, 2.75) is 19.6 Å². The van der Waals surface area contributed by atoms with E-state index >= 15 is 0 Å². The van der Waals surface area contributed by atoms with E-state index in [9.17, 15) is 4.79 Å². The molecule has 5 aromatic rings. The fourth-order valence-electron chi connectivity index (χ4n) is 4.37. The van der Waals surface area contributed by atoms with E-state index in [-0.39, 0.29) is 0 Å². The summed E-state index contributed by atoms with van der Waals surface area (Å²) in [5.74, 6) is -0.552. The summed E-state index contributed by atoms with van der Waals surface area (Å²) in [6.07, 6.45) is 10.8. The van der Waals surface area contributed by atoms with Gasteiger partial charge in [0.15, 0.2) is 0 Å². The lowest BCUT2D eigenvalue weighted by Crippen LogP contribution is -2.30. The molecule has 8 heteroatoms. The topological polar surface area (TPSA) is 88.2 Å². The number of carbonyl (C=O) groups excluding carboxylic acids is 1. The largest absolute Gasteiger partial charge is 0.331 e. The van der Waals surface area contributed by atoms with Crippen LogP contribution >= 0.6 is 0 Å². The van der Waals surface area contributed by atoms with Crippen LogP contribution in [0.3, 0.4) is 0 Å². The minimum Gasteiger partial charge on any atom is -0.331 e. The quantitative estimate of drug-likeness (QED) is 0.178. The average molecular weight is 481 g/mol. The third kappa shape index (κ3) is 5.51. The molecule has 0 radical (unpaired) electrons. The highest BCUT2D eigenvalue weighted by Crippen LogP contribution is 2.15. The summed E-state index contributed by atoms with van der Waals surface area (Å²) in [7, 11) is 0. The Balaban J connectivity index is 1.30. The normalized spacial score (nSPS) is 11.7. The number of hydroxylamine groups is 1. The van der Waals surface area contributed by atoms with Crippen LogP contribution in [0.4, 0.5) is 0 Å². The number of hydrogen-bond acceptors (Lipinski definition) is 5. The molecule has 0 unspecified atom stereocenters. The molecule has 0 atom stereocenters. The first kappa shape index (κ1) is 23.5. The number of amides is 1. The summed E-state index contributed by atoms with van der Waals surface area (Å²) >= 11 is 0. The van der Waals surface area contributed by atoms with Gasteiger partial charge in [0.25, 0.3) is 5.91 Å². The minimum atomic E-state index is -0.552. The van der Waals surface area contributed by atoms with Crippen LogP contribution in [0.2, 0.25) is 0 Å². The van der Waals surface area contributed by atoms with Gasteiger partial charge >= 0.3 is 0 Å². The molecule has 4 heterocycles. The lowest BCUT2D eigenvalue weighted by Gasteiger charge is -2.23. The lowest BCUT2D eigenvalue weighted by molar-refractivity contribution is -0.124. The number of fused-ring (bicyclic) bond motifs is 2. The van der Waals surface area contributed by atoms with Crippen molar-refractivity contribution in [1.82, 2.24) is 29.5 Å². The Labute approximate surface area is 209 Å². The number of aromatic nitrogens is 4. The van der Waals surface area contributed by atoms with Gasteiger partial charge in [-0.25, -0.2) is 15.4 Å². The maximum atomic E-state index is 11.2. The highest BCUT2D eigenvalue weighted by Gasteiger charge is 2.10. The smallest absolute Gasteiger partial charge is 0.267 e. The number of hydrogen-bond donors (Lipinski definition) is 2.